The Labute approximate surface area is 148 Å². The van der Waals surface area contributed by atoms with E-state index in [-0.39, 0.29) is 17.1 Å². The summed E-state index contributed by atoms with van der Waals surface area (Å²) in [7, 11) is 0. The van der Waals surface area contributed by atoms with Gasteiger partial charge in [-0.2, -0.15) is 5.26 Å². The van der Waals surface area contributed by atoms with Crippen molar-refractivity contribution in [2.45, 2.75) is 17.4 Å². The number of ether oxygens (including phenoxy) is 1. The fourth-order valence-corrected chi connectivity index (χ4v) is 3.46. The van der Waals surface area contributed by atoms with Crippen molar-refractivity contribution in [2.24, 2.45) is 0 Å². The molecule has 120 valence electrons. The third-order valence-electron chi connectivity index (χ3n) is 3.51. The van der Waals surface area contributed by atoms with Crippen molar-refractivity contribution in [1.29, 1.82) is 5.26 Å². The number of aliphatic hydroxyl groups is 1. The molecule has 0 saturated carbocycles. The molecule has 2 aromatic carbocycles. The van der Waals surface area contributed by atoms with Gasteiger partial charge in [0.25, 0.3) is 0 Å². The quantitative estimate of drug-likeness (QED) is 0.802. The first-order valence-corrected chi connectivity index (χ1v) is 8.33. The fourth-order valence-electron chi connectivity index (χ4n) is 2.34. The Hall–Kier alpha value is -2.42. The number of benzene rings is 2. The highest BCUT2D eigenvalue weighted by Gasteiger charge is 2.31. The first-order chi connectivity index (χ1) is 11.6. The SMILES string of the molecule is N#Cc1cccc(C2CC(O)=C(Sc3ccccc3Cl)C(=O)O2)c1. The van der Waals surface area contributed by atoms with Crippen molar-refractivity contribution in [2.75, 3.05) is 0 Å². The molecule has 1 N–H and O–H groups in total. The number of thioether (sulfide) groups is 1. The molecular weight excluding hydrogens is 346 g/mol. The molecule has 0 amide bonds. The number of rotatable bonds is 3. The van der Waals surface area contributed by atoms with Gasteiger partial charge in [0.05, 0.1) is 16.7 Å². The van der Waals surface area contributed by atoms with Crippen LogP contribution in [0.4, 0.5) is 0 Å². The van der Waals surface area contributed by atoms with E-state index in [2.05, 4.69) is 0 Å². The molecule has 2 aromatic rings. The zero-order chi connectivity index (χ0) is 17.1. The van der Waals surface area contributed by atoms with E-state index in [0.717, 1.165) is 11.8 Å². The van der Waals surface area contributed by atoms with Crippen LogP contribution in [0.5, 0.6) is 0 Å². The fraction of sp³-hybridized carbons (Fsp3) is 0.111. The molecule has 1 heterocycles. The number of carbonyl (C=O) groups excluding carboxylic acids is 1. The number of cyclic esters (lactones) is 1. The highest BCUT2D eigenvalue weighted by atomic mass is 35.5. The van der Waals surface area contributed by atoms with Gasteiger partial charge in [0.2, 0.25) is 0 Å². The van der Waals surface area contributed by atoms with Crippen LogP contribution >= 0.6 is 23.4 Å². The molecule has 3 rings (SSSR count). The third kappa shape index (κ3) is 3.40. The number of halogens is 1. The van der Waals surface area contributed by atoms with Crippen LogP contribution in [0.25, 0.3) is 0 Å². The highest BCUT2D eigenvalue weighted by molar-refractivity contribution is 8.04. The number of carbonyl (C=O) groups is 1. The zero-order valence-electron chi connectivity index (χ0n) is 12.4. The molecule has 24 heavy (non-hydrogen) atoms. The molecule has 6 heteroatoms. The van der Waals surface area contributed by atoms with Crippen LogP contribution in [0.3, 0.4) is 0 Å². The van der Waals surface area contributed by atoms with Crippen LogP contribution in [0.15, 0.2) is 64.1 Å². The Balaban J connectivity index is 1.85. The van der Waals surface area contributed by atoms with Gasteiger partial charge < -0.3 is 9.84 Å². The summed E-state index contributed by atoms with van der Waals surface area (Å²) < 4.78 is 5.44. The number of hydrogen-bond donors (Lipinski definition) is 1. The molecule has 0 aliphatic carbocycles. The van der Waals surface area contributed by atoms with Crippen molar-refractivity contribution in [1.82, 2.24) is 0 Å². The van der Waals surface area contributed by atoms with Crippen LogP contribution in [0, 0.1) is 11.3 Å². The van der Waals surface area contributed by atoms with E-state index in [1.807, 2.05) is 6.07 Å². The summed E-state index contributed by atoms with van der Waals surface area (Å²) in [6, 6.07) is 15.9. The summed E-state index contributed by atoms with van der Waals surface area (Å²) in [4.78, 5) is 13.1. The van der Waals surface area contributed by atoms with E-state index in [1.165, 1.54) is 0 Å². The van der Waals surface area contributed by atoms with Gasteiger partial charge in [-0.3, -0.25) is 0 Å². The molecule has 4 nitrogen and oxygen atoms in total. The smallest absolute Gasteiger partial charge is 0.349 e. The van der Waals surface area contributed by atoms with E-state index in [0.29, 0.717) is 21.0 Å². The van der Waals surface area contributed by atoms with Gasteiger partial charge in [0.15, 0.2) is 0 Å². The van der Waals surface area contributed by atoms with Crippen molar-refractivity contribution < 1.29 is 14.6 Å². The Kier molecular flexibility index (Phi) is 4.79. The van der Waals surface area contributed by atoms with Crippen molar-refractivity contribution in [3.05, 3.63) is 75.3 Å². The molecule has 0 saturated heterocycles. The topological polar surface area (TPSA) is 70.3 Å². The van der Waals surface area contributed by atoms with Gasteiger partial charge in [-0.15, -0.1) is 0 Å². The number of aliphatic hydroxyl groups excluding tert-OH is 1. The zero-order valence-corrected chi connectivity index (χ0v) is 14.0. The van der Waals surface area contributed by atoms with Gasteiger partial charge in [-0.25, -0.2) is 4.79 Å². The number of hydrogen-bond acceptors (Lipinski definition) is 5. The molecular formula is C18H12ClNO3S. The van der Waals surface area contributed by atoms with E-state index in [4.69, 9.17) is 21.6 Å². The highest BCUT2D eigenvalue weighted by Crippen LogP contribution is 2.40. The van der Waals surface area contributed by atoms with Gasteiger partial charge in [0.1, 0.15) is 16.8 Å². The maximum absolute atomic E-state index is 12.3. The number of esters is 1. The Bertz CT molecular complexity index is 873. The van der Waals surface area contributed by atoms with Gasteiger partial charge in [-0.1, -0.05) is 47.6 Å². The maximum Gasteiger partial charge on any atom is 0.349 e. The van der Waals surface area contributed by atoms with Crippen LogP contribution in [-0.4, -0.2) is 11.1 Å². The van der Waals surface area contributed by atoms with Gasteiger partial charge >= 0.3 is 5.97 Å². The number of nitrogens with zero attached hydrogens (tertiary/aromatic N) is 1. The normalized spacial score (nSPS) is 17.3. The van der Waals surface area contributed by atoms with Crippen LogP contribution in [-0.2, 0) is 9.53 Å². The second kappa shape index (κ2) is 7.00. The average molecular weight is 358 g/mol. The standard InChI is InChI=1S/C18H12ClNO3S/c19-13-6-1-2-7-16(13)24-17-14(21)9-15(23-18(17)22)12-5-3-4-11(8-12)10-20/h1-8,15,21H,9H2. The molecule has 0 aromatic heterocycles. The van der Waals surface area contributed by atoms with E-state index >= 15 is 0 Å². The second-order valence-corrected chi connectivity index (χ2v) is 6.60. The molecule has 0 radical (unpaired) electrons. The largest absolute Gasteiger partial charge is 0.511 e. The first kappa shape index (κ1) is 16.4. The lowest BCUT2D eigenvalue weighted by atomic mass is 10.0. The molecule has 1 atom stereocenters. The average Bonchev–Trinajstić information content (AvgIpc) is 2.59. The molecule has 0 bridgehead atoms. The molecule has 0 spiro atoms. The van der Waals surface area contributed by atoms with E-state index in [9.17, 15) is 9.90 Å². The lowest BCUT2D eigenvalue weighted by molar-refractivity contribution is -0.146. The monoisotopic (exact) mass is 357 g/mol. The Morgan fingerprint density at radius 1 is 1.25 bits per heavy atom. The van der Waals surface area contributed by atoms with Crippen LogP contribution < -0.4 is 0 Å². The first-order valence-electron chi connectivity index (χ1n) is 7.14. The van der Waals surface area contributed by atoms with Crippen LogP contribution in [0.1, 0.15) is 23.7 Å². The lowest BCUT2D eigenvalue weighted by Crippen LogP contribution is -2.20. The van der Waals surface area contributed by atoms with Crippen molar-refractivity contribution >= 4 is 29.3 Å². The minimum absolute atomic E-state index is 0.0384. The van der Waals surface area contributed by atoms with Gasteiger partial charge in [0, 0.05) is 11.3 Å². The summed E-state index contributed by atoms with van der Waals surface area (Å²) in [5, 5.41) is 19.8. The minimum atomic E-state index is -0.610. The third-order valence-corrected chi connectivity index (χ3v) is 5.14. The summed E-state index contributed by atoms with van der Waals surface area (Å²) in [6.45, 7) is 0. The van der Waals surface area contributed by atoms with Gasteiger partial charge in [-0.05, 0) is 29.8 Å². The molecule has 1 unspecified atom stereocenters. The van der Waals surface area contributed by atoms with E-state index in [1.54, 1.807) is 48.5 Å². The molecule has 1 aliphatic heterocycles. The number of nitriles is 1. The predicted molar refractivity (Wildman–Crippen MR) is 91.6 cm³/mol. The summed E-state index contributed by atoms with van der Waals surface area (Å²) in [5.41, 5.74) is 1.15. The van der Waals surface area contributed by atoms with Crippen molar-refractivity contribution in [3.8, 4) is 6.07 Å². The van der Waals surface area contributed by atoms with E-state index < -0.39 is 12.1 Å². The molecule has 1 aliphatic rings. The van der Waals surface area contributed by atoms with Crippen molar-refractivity contribution in [3.63, 3.8) is 0 Å². The molecule has 0 fully saturated rings. The summed E-state index contributed by atoms with van der Waals surface area (Å²) >= 11 is 7.17. The summed E-state index contributed by atoms with van der Waals surface area (Å²) in [6.07, 6.45) is -0.450. The lowest BCUT2D eigenvalue weighted by Gasteiger charge is -2.24. The summed E-state index contributed by atoms with van der Waals surface area (Å²) in [5.74, 6) is -0.639. The Morgan fingerprint density at radius 2 is 2.04 bits per heavy atom. The predicted octanol–water partition coefficient (Wildman–Crippen LogP) is 4.76. The van der Waals surface area contributed by atoms with Crippen LogP contribution in [0.2, 0.25) is 5.02 Å². The maximum atomic E-state index is 12.3. The Morgan fingerprint density at radius 3 is 2.75 bits per heavy atom. The minimum Gasteiger partial charge on any atom is -0.511 e. The second-order valence-electron chi connectivity index (χ2n) is 5.14.